The molecule has 0 spiro atoms. The van der Waals surface area contributed by atoms with Gasteiger partial charge < -0.3 is 15.5 Å². The number of piperidine rings is 1. The number of rotatable bonds is 3. The van der Waals surface area contributed by atoms with Crippen molar-refractivity contribution in [2.24, 2.45) is 5.73 Å². The first kappa shape index (κ1) is 13.4. The molecule has 1 saturated heterocycles. The van der Waals surface area contributed by atoms with Gasteiger partial charge in [0.25, 0.3) is 0 Å². The highest BCUT2D eigenvalue weighted by molar-refractivity contribution is 5.50. The van der Waals surface area contributed by atoms with Crippen LogP contribution in [0.3, 0.4) is 0 Å². The molecule has 1 aliphatic rings. The fraction of sp³-hybridized carbons (Fsp3) is 0.600. The van der Waals surface area contributed by atoms with Gasteiger partial charge in [0.05, 0.1) is 5.54 Å². The van der Waals surface area contributed by atoms with E-state index in [0.29, 0.717) is 6.54 Å². The van der Waals surface area contributed by atoms with Crippen molar-refractivity contribution in [2.75, 3.05) is 38.6 Å². The van der Waals surface area contributed by atoms with Crippen LogP contribution in [0.5, 0.6) is 0 Å². The second kappa shape index (κ2) is 5.29. The lowest BCUT2D eigenvalue weighted by molar-refractivity contribution is 0.178. The first-order chi connectivity index (χ1) is 8.57. The van der Waals surface area contributed by atoms with Gasteiger partial charge in [-0.15, -0.1) is 0 Å². The molecule has 100 valence electrons. The van der Waals surface area contributed by atoms with Crippen LogP contribution in [0.15, 0.2) is 24.3 Å². The summed E-state index contributed by atoms with van der Waals surface area (Å²) in [5, 5.41) is 0. The molecule has 2 N–H and O–H groups in total. The van der Waals surface area contributed by atoms with E-state index in [2.05, 4.69) is 55.1 Å². The summed E-state index contributed by atoms with van der Waals surface area (Å²) in [6, 6.07) is 8.73. The van der Waals surface area contributed by atoms with Crippen molar-refractivity contribution in [2.45, 2.75) is 25.3 Å². The van der Waals surface area contributed by atoms with E-state index in [1.807, 2.05) is 0 Å². The minimum Gasteiger partial charge on any atom is -0.366 e. The van der Waals surface area contributed by atoms with Crippen LogP contribution in [-0.4, -0.2) is 44.2 Å². The summed E-state index contributed by atoms with van der Waals surface area (Å²) in [6.07, 6.45) is 2.40. The summed E-state index contributed by atoms with van der Waals surface area (Å²) >= 11 is 0. The van der Waals surface area contributed by atoms with E-state index in [1.165, 1.54) is 30.6 Å². The Morgan fingerprint density at radius 3 is 2.56 bits per heavy atom. The number of likely N-dealkylation sites (N-methyl/N-ethyl adjacent to an activating group) is 2. The quantitative estimate of drug-likeness (QED) is 0.885. The van der Waals surface area contributed by atoms with Gasteiger partial charge in [0.2, 0.25) is 0 Å². The van der Waals surface area contributed by atoms with Gasteiger partial charge in [-0.1, -0.05) is 17.7 Å². The molecule has 0 aliphatic carbocycles. The van der Waals surface area contributed by atoms with E-state index in [9.17, 15) is 0 Å². The monoisotopic (exact) mass is 247 g/mol. The second-order valence-electron chi connectivity index (χ2n) is 5.66. The maximum Gasteiger partial charge on any atom is 0.0647 e. The van der Waals surface area contributed by atoms with Crippen LogP contribution >= 0.6 is 0 Å². The fourth-order valence-corrected chi connectivity index (χ4v) is 2.96. The molecular weight excluding hydrogens is 222 g/mol. The SMILES string of the molecule is Cc1ccc(N(C)C2(CN)CCCN(C)C2)cc1. The molecular formula is C15H25N3. The topological polar surface area (TPSA) is 32.5 Å². The maximum atomic E-state index is 6.10. The second-order valence-corrected chi connectivity index (χ2v) is 5.66. The van der Waals surface area contributed by atoms with Crippen molar-refractivity contribution in [3.63, 3.8) is 0 Å². The molecule has 1 aliphatic heterocycles. The van der Waals surface area contributed by atoms with Gasteiger partial charge in [-0.3, -0.25) is 0 Å². The van der Waals surface area contributed by atoms with Gasteiger partial charge in [0.15, 0.2) is 0 Å². The first-order valence-electron chi connectivity index (χ1n) is 6.76. The van der Waals surface area contributed by atoms with Crippen molar-refractivity contribution < 1.29 is 0 Å². The lowest BCUT2D eigenvalue weighted by atomic mass is 9.87. The van der Waals surface area contributed by atoms with Gasteiger partial charge >= 0.3 is 0 Å². The average Bonchev–Trinajstić information content (AvgIpc) is 2.38. The van der Waals surface area contributed by atoms with E-state index in [0.717, 1.165) is 6.54 Å². The Labute approximate surface area is 111 Å². The van der Waals surface area contributed by atoms with Gasteiger partial charge in [-0.05, 0) is 45.5 Å². The summed E-state index contributed by atoms with van der Waals surface area (Å²) in [5.74, 6) is 0. The van der Waals surface area contributed by atoms with Crippen molar-refractivity contribution >= 4 is 5.69 Å². The molecule has 0 saturated carbocycles. The third-order valence-corrected chi connectivity index (χ3v) is 4.26. The van der Waals surface area contributed by atoms with Gasteiger partial charge in [0, 0.05) is 25.8 Å². The zero-order valence-corrected chi connectivity index (χ0v) is 11.8. The van der Waals surface area contributed by atoms with Crippen LogP contribution in [-0.2, 0) is 0 Å². The predicted molar refractivity (Wildman–Crippen MR) is 78.1 cm³/mol. The smallest absolute Gasteiger partial charge is 0.0647 e. The summed E-state index contributed by atoms with van der Waals surface area (Å²) < 4.78 is 0. The van der Waals surface area contributed by atoms with E-state index in [-0.39, 0.29) is 5.54 Å². The fourth-order valence-electron chi connectivity index (χ4n) is 2.96. The molecule has 1 aromatic carbocycles. The number of likely N-dealkylation sites (tertiary alicyclic amines) is 1. The zero-order chi connectivity index (χ0) is 13.2. The first-order valence-corrected chi connectivity index (χ1v) is 6.76. The van der Waals surface area contributed by atoms with Crippen LogP contribution in [0.2, 0.25) is 0 Å². The van der Waals surface area contributed by atoms with E-state index >= 15 is 0 Å². The molecule has 0 amide bonds. The Morgan fingerprint density at radius 2 is 2.00 bits per heavy atom. The summed E-state index contributed by atoms with van der Waals surface area (Å²) in [5.41, 5.74) is 8.75. The summed E-state index contributed by atoms with van der Waals surface area (Å²) in [6.45, 7) is 5.07. The standard InChI is InChI=1S/C15H25N3/c1-13-5-7-14(8-6-13)18(3)15(11-16)9-4-10-17(2)12-15/h5-8H,4,9-12,16H2,1-3H3. The molecule has 1 unspecified atom stereocenters. The largest absolute Gasteiger partial charge is 0.366 e. The molecule has 0 aromatic heterocycles. The zero-order valence-electron chi connectivity index (χ0n) is 11.8. The van der Waals surface area contributed by atoms with Crippen molar-refractivity contribution in [3.05, 3.63) is 29.8 Å². The maximum absolute atomic E-state index is 6.10. The van der Waals surface area contributed by atoms with Crippen molar-refractivity contribution in [3.8, 4) is 0 Å². The number of nitrogens with two attached hydrogens (primary N) is 1. The lowest BCUT2D eigenvalue weighted by Gasteiger charge is -2.48. The van der Waals surface area contributed by atoms with E-state index in [4.69, 9.17) is 5.73 Å². The Morgan fingerprint density at radius 1 is 1.33 bits per heavy atom. The van der Waals surface area contributed by atoms with Crippen LogP contribution in [0.4, 0.5) is 5.69 Å². The minimum absolute atomic E-state index is 0.0856. The highest BCUT2D eigenvalue weighted by atomic mass is 15.3. The Balaban J connectivity index is 2.23. The van der Waals surface area contributed by atoms with Crippen molar-refractivity contribution in [1.29, 1.82) is 0 Å². The average molecular weight is 247 g/mol. The Hall–Kier alpha value is -1.06. The molecule has 18 heavy (non-hydrogen) atoms. The number of aryl methyl sites for hydroxylation is 1. The number of anilines is 1. The number of hydrogen-bond donors (Lipinski definition) is 1. The highest BCUT2D eigenvalue weighted by Gasteiger charge is 2.36. The molecule has 1 heterocycles. The van der Waals surface area contributed by atoms with Crippen LogP contribution in [0.1, 0.15) is 18.4 Å². The Bertz CT molecular complexity index is 387. The number of nitrogens with zero attached hydrogens (tertiary/aromatic N) is 2. The number of hydrogen-bond acceptors (Lipinski definition) is 3. The molecule has 0 radical (unpaired) electrons. The molecule has 1 atom stereocenters. The molecule has 2 rings (SSSR count). The molecule has 3 nitrogen and oxygen atoms in total. The predicted octanol–water partition coefficient (Wildman–Crippen LogP) is 1.85. The third-order valence-electron chi connectivity index (χ3n) is 4.26. The highest BCUT2D eigenvalue weighted by Crippen LogP contribution is 2.29. The van der Waals surface area contributed by atoms with Crippen LogP contribution < -0.4 is 10.6 Å². The third kappa shape index (κ3) is 2.52. The molecule has 0 bridgehead atoms. The molecule has 1 fully saturated rings. The van der Waals surface area contributed by atoms with Crippen LogP contribution in [0.25, 0.3) is 0 Å². The van der Waals surface area contributed by atoms with Crippen molar-refractivity contribution in [1.82, 2.24) is 4.90 Å². The summed E-state index contributed by atoms with van der Waals surface area (Å²) in [4.78, 5) is 4.77. The van der Waals surface area contributed by atoms with Gasteiger partial charge in [-0.25, -0.2) is 0 Å². The van der Waals surface area contributed by atoms with E-state index < -0.39 is 0 Å². The summed E-state index contributed by atoms with van der Waals surface area (Å²) in [7, 11) is 4.36. The minimum atomic E-state index is 0.0856. The normalized spacial score (nSPS) is 25.1. The Kier molecular flexibility index (Phi) is 3.93. The molecule has 3 heteroatoms. The lowest BCUT2D eigenvalue weighted by Crippen LogP contribution is -2.61. The van der Waals surface area contributed by atoms with Gasteiger partial charge in [0.1, 0.15) is 0 Å². The van der Waals surface area contributed by atoms with Crippen LogP contribution in [0, 0.1) is 6.92 Å². The van der Waals surface area contributed by atoms with Gasteiger partial charge in [-0.2, -0.15) is 0 Å². The molecule has 1 aromatic rings. The van der Waals surface area contributed by atoms with E-state index in [1.54, 1.807) is 0 Å². The number of benzene rings is 1.